The van der Waals surface area contributed by atoms with Crippen molar-refractivity contribution < 1.29 is 9.53 Å². The zero-order valence-electron chi connectivity index (χ0n) is 9.53. The Hall–Kier alpha value is -1.51. The van der Waals surface area contributed by atoms with E-state index in [0.29, 0.717) is 6.42 Å². The lowest BCUT2D eigenvalue weighted by Gasteiger charge is -2.41. The van der Waals surface area contributed by atoms with E-state index in [-0.39, 0.29) is 11.3 Å². The van der Waals surface area contributed by atoms with E-state index in [2.05, 4.69) is 0 Å². The highest BCUT2D eigenvalue weighted by atomic mass is 16.5. The lowest BCUT2D eigenvalue weighted by molar-refractivity contribution is -0.120. The number of hydrogen-bond donors (Lipinski definition) is 1. The van der Waals surface area contributed by atoms with Gasteiger partial charge in [-0.05, 0) is 30.5 Å². The smallest absolute Gasteiger partial charge is 0.218 e. The van der Waals surface area contributed by atoms with Gasteiger partial charge in [0.25, 0.3) is 0 Å². The van der Waals surface area contributed by atoms with Crippen LogP contribution < -0.4 is 10.5 Å². The summed E-state index contributed by atoms with van der Waals surface area (Å²) in [5, 5.41) is 0. The van der Waals surface area contributed by atoms with Gasteiger partial charge in [-0.25, -0.2) is 0 Å². The number of nitrogens with two attached hydrogens (primary N) is 1. The molecule has 0 heterocycles. The molecule has 0 radical (unpaired) electrons. The van der Waals surface area contributed by atoms with Gasteiger partial charge in [0.15, 0.2) is 0 Å². The van der Waals surface area contributed by atoms with Gasteiger partial charge in [0.2, 0.25) is 5.91 Å². The van der Waals surface area contributed by atoms with Crippen LogP contribution in [0.3, 0.4) is 0 Å². The van der Waals surface area contributed by atoms with E-state index in [1.807, 2.05) is 24.3 Å². The Morgan fingerprint density at radius 1 is 1.38 bits per heavy atom. The minimum Gasteiger partial charge on any atom is -0.497 e. The molecule has 1 amide bonds. The number of methoxy groups -OCH3 is 1. The molecule has 0 spiro atoms. The maximum atomic E-state index is 11.1. The number of ether oxygens (including phenoxy) is 1. The highest BCUT2D eigenvalue weighted by Gasteiger charge is 2.39. The molecule has 1 aliphatic carbocycles. The number of hydrogen-bond acceptors (Lipinski definition) is 2. The molecule has 3 nitrogen and oxygen atoms in total. The highest BCUT2D eigenvalue weighted by molar-refractivity contribution is 5.75. The molecule has 0 bridgehead atoms. The standard InChI is InChI=1S/C13H17NO2/c1-16-11-5-3-10(4-6-11)13(7-2-8-13)9-12(14)15/h3-6H,2,7-9H2,1H3,(H2,14,15). The minimum atomic E-state index is -0.212. The second-order valence-corrected chi connectivity index (χ2v) is 4.51. The van der Waals surface area contributed by atoms with E-state index >= 15 is 0 Å². The number of primary amides is 1. The van der Waals surface area contributed by atoms with Gasteiger partial charge >= 0.3 is 0 Å². The third-order valence-corrected chi connectivity index (χ3v) is 3.53. The topological polar surface area (TPSA) is 52.3 Å². The molecule has 0 unspecified atom stereocenters. The van der Waals surface area contributed by atoms with E-state index in [1.165, 1.54) is 12.0 Å². The zero-order chi connectivity index (χ0) is 11.6. The quantitative estimate of drug-likeness (QED) is 0.842. The van der Waals surface area contributed by atoms with Crippen molar-refractivity contribution in [3.05, 3.63) is 29.8 Å². The number of rotatable bonds is 4. The van der Waals surface area contributed by atoms with E-state index in [0.717, 1.165) is 18.6 Å². The number of carbonyl (C=O) groups is 1. The van der Waals surface area contributed by atoms with Gasteiger partial charge in [0.05, 0.1) is 7.11 Å². The van der Waals surface area contributed by atoms with Crippen molar-refractivity contribution in [2.45, 2.75) is 31.1 Å². The summed E-state index contributed by atoms with van der Waals surface area (Å²) >= 11 is 0. The van der Waals surface area contributed by atoms with Gasteiger partial charge in [0.1, 0.15) is 5.75 Å². The van der Waals surface area contributed by atoms with Crippen LogP contribution >= 0.6 is 0 Å². The summed E-state index contributed by atoms with van der Waals surface area (Å²) in [4.78, 5) is 11.1. The van der Waals surface area contributed by atoms with E-state index < -0.39 is 0 Å². The second-order valence-electron chi connectivity index (χ2n) is 4.51. The number of benzene rings is 1. The maximum absolute atomic E-state index is 11.1. The Morgan fingerprint density at radius 2 is 2.00 bits per heavy atom. The molecule has 0 aliphatic heterocycles. The van der Waals surface area contributed by atoms with Crippen LogP contribution in [0.25, 0.3) is 0 Å². The van der Waals surface area contributed by atoms with Crippen LogP contribution in [0.2, 0.25) is 0 Å². The van der Waals surface area contributed by atoms with Crippen molar-refractivity contribution in [2.75, 3.05) is 7.11 Å². The third kappa shape index (κ3) is 1.90. The fourth-order valence-electron chi connectivity index (χ4n) is 2.45. The first-order valence-electron chi connectivity index (χ1n) is 5.59. The van der Waals surface area contributed by atoms with Crippen LogP contribution in [-0.2, 0) is 10.2 Å². The van der Waals surface area contributed by atoms with Crippen molar-refractivity contribution >= 4 is 5.91 Å². The van der Waals surface area contributed by atoms with Gasteiger partial charge in [-0.3, -0.25) is 4.79 Å². The molecule has 1 aromatic carbocycles. The molecule has 0 saturated heterocycles. The van der Waals surface area contributed by atoms with E-state index in [1.54, 1.807) is 7.11 Å². The number of amides is 1. The Morgan fingerprint density at radius 3 is 2.38 bits per heavy atom. The Bertz CT molecular complexity index is 379. The molecule has 86 valence electrons. The molecule has 0 aromatic heterocycles. The first kappa shape index (κ1) is 11.0. The Labute approximate surface area is 95.6 Å². The van der Waals surface area contributed by atoms with Crippen LogP contribution in [0.5, 0.6) is 5.75 Å². The first-order valence-corrected chi connectivity index (χ1v) is 5.59. The van der Waals surface area contributed by atoms with Gasteiger partial charge < -0.3 is 10.5 Å². The predicted octanol–water partition coefficient (Wildman–Crippen LogP) is 1.99. The minimum absolute atomic E-state index is 0.00188. The average Bonchev–Trinajstić information content (AvgIpc) is 2.23. The maximum Gasteiger partial charge on any atom is 0.218 e. The predicted molar refractivity (Wildman–Crippen MR) is 62.3 cm³/mol. The van der Waals surface area contributed by atoms with Crippen LogP contribution in [0.1, 0.15) is 31.2 Å². The summed E-state index contributed by atoms with van der Waals surface area (Å²) in [6.07, 6.45) is 3.75. The van der Waals surface area contributed by atoms with Gasteiger partial charge in [-0.15, -0.1) is 0 Å². The van der Waals surface area contributed by atoms with Crippen molar-refractivity contribution in [3.63, 3.8) is 0 Å². The fourth-order valence-corrected chi connectivity index (χ4v) is 2.45. The molecule has 1 saturated carbocycles. The van der Waals surface area contributed by atoms with Crippen molar-refractivity contribution in [2.24, 2.45) is 5.73 Å². The molecule has 2 N–H and O–H groups in total. The molecule has 1 aliphatic rings. The summed E-state index contributed by atoms with van der Waals surface area (Å²) in [6.45, 7) is 0. The molecule has 16 heavy (non-hydrogen) atoms. The van der Waals surface area contributed by atoms with Crippen LogP contribution in [-0.4, -0.2) is 13.0 Å². The van der Waals surface area contributed by atoms with Crippen molar-refractivity contribution in [1.82, 2.24) is 0 Å². The Kier molecular flexibility index (Phi) is 2.86. The van der Waals surface area contributed by atoms with Crippen LogP contribution in [0, 0.1) is 0 Å². The first-order chi connectivity index (χ1) is 7.66. The van der Waals surface area contributed by atoms with Gasteiger partial charge in [-0.1, -0.05) is 18.6 Å². The van der Waals surface area contributed by atoms with Gasteiger partial charge in [0, 0.05) is 11.8 Å². The average molecular weight is 219 g/mol. The second kappa shape index (κ2) is 4.16. The molecule has 0 atom stereocenters. The van der Waals surface area contributed by atoms with E-state index in [9.17, 15) is 4.79 Å². The molecule has 1 fully saturated rings. The van der Waals surface area contributed by atoms with Gasteiger partial charge in [-0.2, -0.15) is 0 Å². The molecular formula is C13H17NO2. The largest absolute Gasteiger partial charge is 0.497 e. The fraction of sp³-hybridized carbons (Fsp3) is 0.462. The van der Waals surface area contributed by atoms with Crippen LogP contribution in [0.4, 0.5) is 0 Å². The normalized spacial score (nSPS) is 17.6. The third-order valence-electron chi connectivity index (χ3n) is 3.53. The molecule has 2 rings (SSSR count). The molecule has 1 aromatic rings. The lowest BCUT2D eigenvalue weighted by Crippen LogP contribution is -2.38. The van der Waals surface area contributed by atoms with Crippen molar-refractivity contribution in [1.29, 1.82) is 0 Å². The summed E-state index contributed by atoms with van der Waals surface area (Å²) in [6, 6.07) is 7.97. The molecule has 3 heteroatoms. The van der Waals surface area contributed by atoms with Crippen LogP contribution in [0.15, 0.2) is 24.3 Å². The summed E-state index contributed by atoms with van der Waals surface area (Å²) < 4.78 is 5.12. The summed E-state index contributed by atoms with van der Waals surface area (Å²) in [5.74, 6) is 0.632. The van der Waals surface area contributed by atoms with E-state index in [4.69, 9.17) is 10.5 Å². The summed E-state index contributed by atoms with van der Waals surface area (Å²) in [5.41, 5.74) is 6.52. The SMILES string of the molecule is COc1ccc(C2(CC(N)=O)CCC2)cc1. The lowest BCUT2D eigenvalue weighted by atomic mass is 9.62. The summed E-state index contributed by atoms with van der Waals surface area (Å²) in [7, 11) is 1.65. The highest BCUT2D eigenvalue weighted by Crippen LogP contribution is 2.46. The molecular weight excluding hydrogens is 202 g/mol. The Balaban J connectivity index is 2.22. The number of carbonyl (C=O) groups excluding carboxylic acids is 1. The van der Waals surface area contributed by atoms with Crippen molar-refractivity contribution in [3.8, 4) is 5.75 Å². The monoisotopic (exact) mass is 219 g/mol. The zero-order valence-corrected chi connectivity index (χ0v) is 9.53.